The lowest BCUT2D eigenvalue weighted by atomic mass is 9.75. The van der Waals surface area contributed by atoms with Crippen LogP contribution in [-0.4, -0.2) is 14.8 Å². The van der Waals surface area contributed by atoms with Crippen molar-refractivity contribution in [2.24, 2.45) is 5.41 Å². The molecule has 1 aliphatic rings. The van der Waals surface area contributed by atoms with E-state index in [1.807, 2.05) is 18.2 Å². The molecule has 3 nitrogen and oxygen atoms in total. The molecule has 1 fully saturated rings. The number of benzene rings is 1. The molecule has 1 N–H and O–H groups in total. The Bertz CT molecular complexity index is 621. The normalized spacial score (nSPS) is 18.1. The van der Waals surface area contributed by atoms with Crippen LogP contribution in [0.2, 0.25) is 0 Å². The molecule has 1 heterocycles. The zero-order chi connectivity index (χ0) is 14.0. The van der Waals surface area contributed by atoms with Gasteiger partial charge in [0.2, 0.25) is 0 Å². The maximum absolute atomic E-state index is 5.44. The molecule has 3 rings (SSSR count). The van der Waals surface area contributed by atoms with Crippen LogP contribution >= 0.6 is 12.2 Å². The van der Waals surface area contributed by atoms with Gasteiger partial charge in [0.15, 0.2) is 10.6 Å². The molecule has 0 unspecified atom stereocenters. The van der Waals surface area contributed by atoms with Crippen molar-refractivity contribution >= 4 is 12.2 Å². The molecular weight excluding hydrogens is 266 g/mol. The number of nitrogens with one attached hydrogen (secondary N) is 1. The average molecular weight is 287 g/mol. The molecule has 1 aromatic carbocycles. The number of hydrogen-bond acceptors (Lipinski definition) is 2. The van der Waals surface area contributed by atoms with E-state index in [0.29, 0.717) is 5.41 Å². The summed E-state index contributed by atoms with van der Waals surface area (Å²) in [5.74, 6) is 0.961. The van der Waals surface area contributed by atoms with Gasteiger partial charge >= 0.3 is 0 Å². The van der Waals surface area contributed by atoms with Crippen LogP contribution in [0, 0.1) is 10.2 Å². The van der Waals surface area contributed by atoms with Crippen molar-refractivity contribution in [2.45, 2.75) is 45.6 Å². The van der Waals surface area contributed by atoms with Gasteiger partial charge in [-0.1, -0.05) is 56.5 Å². The molecule has 20 heavy (non-hydrogen) atoms. The van der Waals surface area contributed by atoms with E-state index in [9.17, 15) is 0 Å². The Kier molecular flexibility index (Phi) is 3.74. The Balaban J connectivity index is 1.94. The topological polar surface area (TPSA) is 33.6 Å². The van der Waals surface area contributed by atoms with Crippen molar-refractivity contribution in [3.63, 3.8) is 0 Å². The summed E-state index contributed by atoms with van der Waals surface area (Å²) in [4.78, 5) is 0. The summed E-state index contributed by atoms with van der Waals surface area (Å²) in [5, 5.41) is 7.39. The number of aromatic nitrogens is 3. The minimum absolute atomic E-state index is 0.351. The Labute approximate surface area is 125 Å². The fraction of sp³-hybridized carbons (Fsp3) is 0.500. The monoisotopic (exact) mass is 287 g/mol. The fourth-order valence-corrected chi connectivity index (χ4v) is 3.41. The van der Waals surface area contributed by atoms with Crippen molar-refractivity contribution < 1.29 is 0 Å². The van der Waals surface area contributed by atoms with Crippen molar-refractivity contribution in [3.8, 4) is 11.4 Å². The largest absolute Gasteiger partial charge is 0.300 e. The second-order valence-electron chi connectivity index (χ2n) is 6.18. The van der Waals surface area contributed by atoms with Gasteiger partial charge in [0.25, 0.3) is 0 Å². The molecule has 0 atom stereocenters. The average Bonchev–Trinajstić information content (AvgIpc) is 2.81. The molecular formula is C16H21N3S. The highest BCUT2D eigenvalue weighted by atomic mass is 32.1. The van der Waals surface area contributed by atoms with Crippen molar-refractivity contribution in [1.82, 2.24) is 14.8 Å². The lowest BCUT2D eigenvalue weighted by Gasteiger charge is -2.34. The lowest BCUT2D eigenvalue weighted by Crippen LogP contribution is -2.26. The van der Waals surface area contributed by atoms with Crippen LogP contribution in [0.25, 0.3) is 11.4 Å². The number of aromatic amines is 1. The molecule has 2 aromatic rings. The van der Waals surface area contributed by atoms with Gasteiger partial charge in [0.1, 0.15) is 0 Å². The maximum atomic E-state index is 5.44. The lowest BCUT2D eigenvalue weighted by molar-refractivity contribution is 0.183. The quantitative estimate of drug-likeness (QED) is 0.838. The summed E-state index contributed by atoms with van der Waals surface area (Å²) in [6.45, 7) is 3.35. The molecule has 0 saturated heterocycles. The molecule has 4 heteroatoms. The van der Waals surface area contributed by atoms with Crippen molar-refractivity contribution in [1.29, 1.82) is 0 Å². The van der Waals surface area contributed by atoms with Crippen LogP contribution < -0.4 is 0 Å². The van der Waals surface area contributed by atoms with E-state index in [1.54, 1.807) is 0 Å². The summed E-state index contributed by atoms with van der Waals surface area (Å²) >= 11 is 5.44. The number of hydrogen-bond donors (Lipinski definition) is 1. The minimum atomic E-state index is 0.351. The predicted molar refractivity (Wildman–Crippen MR) is 84.0 cm³/mol. The molecule has 0 radical (unpaired) electrons. The minimum Gasteiger partial charge on any atom is -0.300 e. The second kappa shape index (κ2) is 5.52. The van der Waals surface area contributed by atoms with E-state index in [1.165, 1.54) is 32.1 Å². The van der Waals surface area contributed by atoms with Crippen LogP contribution in [0.3, 0.4) is 0 Å². The maximum Gasteiger partial charge on any atom is 0.195 e. The summed E-state index contributed by atoms with van der Waals surface area (Å²) in [5.41, 5.74) is 1.48. The molecule has 0 bridgehead atoms. The van der Waals surface area contributed by atoms with Gasteiger partial charge in [0.05, 0.1) is 0 Å². The molecule has 0 aliphatic heterocycles. The summed E-state index contributed by atoms with van der Waals surface area (Å²) in [6.07, 6.45) is 6.62. The van der Waals surface area contributed by atoms with Crippen LogP contribution in [0.1, 0.15) is 39.0 Å². The van der Waals surface area contributed by atoms with Gasteiger partial charge in [-0.25, -0.2) is 0 Å². The highest BCUT2D eigenvalue weighted by Crippen LogP contribution is 2.38. The van der Waals surface area contributed by atoms with Crippen LogP contribution in [0.15, 0.2) is 30.3 Å². The Morgan fingerprint density at radius 2 is 1.90 bits per heavy atom. The zero-order valence-electron chi connectivity index (χ0n) is 11.9. The SMILES string of the molecule is CC1(Cn2c(-c3ccccc3)n[nH]c2=S)CCCCC1. The molecule has 1 aliphatic carbocycles. The van der Waals surface area contributed by atoms with Gasteiger partial charge in [-0.15, -0.1) is 0 Å². The van der Waals surface area contributed by atoms with E-state index < -0.39 is 0 Å². The third-order valence-corrected chi connectivity index (χ3v) is 4.70. The number of rotatable bonds is 3. The first-order valence-corrected chi connectivity index (χ1v) is 7.79. The first kappa shape index (κ1) is 13.6. The van der Waals surface area contributed by atoms with E-state index in [0.717, 1.165) is 22.7 Å². The zero-order valence-corrected chi connectivity index (χ0v) is 12.7. The smallest absolute Gasteiger partial charge is 0.195 e. The Morgan fingerprint density at radius 3 is 2.60 bits per heavy atom. The highest BCUT2D eigenvalue weighted by Gasteiger charge is 2.28. The van der Waals surface area contributed by atoms with E-state index in [4.69, 9.17) is 12.2 Å². The van der Waals surface area contributed by atoms with Gasteiger partial charge in [-0.3, -0.25) is 9.67 Å². The third-order valence-electron chi connectivity index (χ3n) is 4.39. The third kappa shape index (κ3) is 2.70. The fourth-order valence-electron chi connectivity index (χ4n) is 3.22. The van der Waals surface area contributed by atoms with Gasteiger partial charge in [-0.2, -0.15) is 5.10 Å². The van der Waals surface area contributed by atoms with Gasteiger partial charge in [-0.05, 0) is 30.5 Å². The standard InChI is InChI=1S/C16H21N3S/c1-16(10-6-3-7-11-16)12-19-14(17-18-15(19)20)13-8-4-2-5-9-13/h2,4-5,8-9H,3,6-7,10-12H2,1H3,(H,18,20). The van der Waals surface area contributed by atoms with E-state index >= 15 is 0 Å². The van der Waals surface area contributed by atoms with Crippen molar-refractivity contribution in [2.75, 3.05) is 0 Å². The highest BCUT2D eigenvalue weighted by molar-refractivity contribution is 7.71. The van der Waals surface area contributed by atoms with Crippen LogP contribution in [-0.2, 0) is 6.54 Å². The second-order valence-corrected chi connectivity index (χ2v) is 6.56. The number of H-pyrrole nitrogens is 1. The van der Waals surface area contributed by atoms with E-state index in [2.05, 4.69) is 33.8 Å². The Hall–Kier alpha value is -1.42. The van der Waals surface area contributed by atoms with Crippen LogP contribution in [0.5, 0.6) is 0 Å². The molecule has 0 spiro atoms. The van der Waals surface area contributed by atoms with Crippen molar-refractivity contribution in [3.05, 3.63) is 35.1 Å². The van der Waals surface area contributed by atoms with Gasteiger partial charge in [0, 0.05) is 12.1 Å². The molecule has 1 saturated carbocycles. The molecule has 106 valence electrons. The Morgan fingerprint density at radius 1 is 1.20 bits per heavy atom. The summed E-state index contributed by atoms with van der Waals surface area (Å²) in [7, 11) is 0. The first-order valence-electron chi connectivity index (χ1n) is 7.39. The molecule has 0 amide bonds. The number of nitrogens with zero attached hydrogens (tertiary/aromatic N) is 2. The summed E-state index contributed by atoms with van der Waals surface area (Å²) in [6, 6.07) is 10.3. The summed E-state index contributed by atoms with van der Waals surface area (Å²) < 4.78 is 2.91. The first-order chi connectivity index (χ1) is 9.68. The molecule has 1 aromatic heterocycles. The van der Waals surface area contributed by atoms with Crippen LogP contribution in [0.4, 0.5) is 0 Å². The predicted octanol–water partition coefficient (Wildman–Crippen LogP) is 4.58. The van der Waals surface area contributed by atoms with Gasteiger partial charge < -0.3 is 0 Å². The van der Waals surface area contributed by atoms with E-state index in [-0.39, 0.29) is 0 Å².